The van der Waals surface area contributed by atoms with Crippen LogP contribution in [0.5, 0.6) is 0 Å². The van der Waals surface area contributed by atoms with E-state index >= 15 is 0 Å². The fourth-order valence-corrected chi connectivity index (χ4v) is 3.76. The van der Waals surface area contributed by atoms with Gasteiger partial charge in [0.05, 0.1) is 5.69 Å². The van der Waals surface area contributed by atoms with Gasteiger partial charge >= 0.3 is 0 Å². The summed E-state index contributed by atoms with van der Waals surface area (Å²) in [6.07, 6.45) is 3.53. The van der Waals surface area contributed by atoms with E-state index in [4.69, 9.17) is 11.6 Å². The summed E-state index contributed by atoms with van der Waals surface area (Å²) in [7, 11) is 0. The van der Waals surface area contributed by atoms with Gasteiger partial charge in [0.15, 0.2) is 0 Å². The lowest BCUT2D eigenvalue weighted by Crippen LogP contribution is -2.34. The molecule has 2 aromatic heterocycles. The molecule has 4 rings (SSSR count). The van der Waals surface area contributed by atoms with Crippen molar-refractivity contribution in [3.05, 3.63) is 58.1 Å². The monoisotopic (exact) mass is 377 g/mol. The van der Waals surface area contributed by atoms with Gasteiger partial charge in [0.1, 0.15) is 23.0 Å². The molecule has 26 heavy (non-hydrogen) atoms. The maximum absolute atomic E-state index is 13.7. The van der Waals surface area contributed by atoms with E-state index in [2.05, 4.69) is 20.0 Å². The van der Waals surface area contributed by atoms with Gasteiger partial charge in [0.25, 0.3) is 5.78 Å². The summed E-state index contributed by atoms with van der Waals surface area (Å²) in [5.41, 5.74) is 2.56. The Kier molecular flexibility index (Phi) is 4.58. The minimum absolute atomic E-state index is 0.261. The van der Waals surface area contributed by atoms with Gasteiger partial charge in [-0.05, 0) is 50.1 Å². The second-order valence-corrected chi connectivity index (χ2v) is 7.12. The first-order valence-corrected chi connectivity index (χ1v) is 8.92. The zero-order valence-electron chi connectivity index (χ0n) is 14.3. The minimum Gasteiger partial charge on any atom is -0.298 e. The summed E-state index contributed by atoms with van der Waals surface area (Å²) < 4.78 is 29.2. The Bertz CT molecular complexity index is 935. The number of nitrogens with zero attached hydrogens (tertiary/aromatic N) is 5. The van der Waals surface area contributed by atoms with Crippen molar-refractivity contribution < 1.29 is 8.78 Å². The van der Waals surface area contributed by atoms with E-state index in [9.17, 15) is 8.78 Å². The largest absolute Gasteiger partial charge is 0.298 e. The Morgan fingerprint density at radius 1 is 1.23 bits per heavy atom. The SMILES string of the molecule is Cc1cc(C2CCCN(Cc3cc(F)c(Cl)c(F)c3)C2)n2ncnc2n1. The van der Waals surface area contributed by atoms with Crippen molar-refractivity contribution >= 4 is 17.4 Å². The van der Waals surface area contributed by atoms with E-state index < -0.39 is 16.7 Å². The lowest BCUT2D eigenvalue weighted by Gasteiger charge is -2.33. The molecule has 1 unspecified atom stereocenters. The van der Waals surface area contributed by atoms with Crippen LogP contribution >= 0.6 is 11.6 Å². The number of aromatic nitrogens is 4. The molecule has 5 nitrogen and oxygen atoms in total. The third kappa shape index (κ3) is 3.29. The molecule has 136 valence electrons. The topological polar surface area (TPSA) is 46.3 Å². The lowest BCUT2D eigenvalue weighted by atomic mass is 9.93. The van der Waals surface area contributed by atoms with Crippen LogP contribution in [0, 0.1) is 18.6 Å². The van der Waals surface area contributed by atoms with Crippen molar-refractivity contribution in [2.45, 2.75) is 32.2 Å². The number of halogens is 3. The molecule has 1 atom stereocenters. The molecule has 0 N–H and O–H groups in total. The fourth-order valence-electron chi connectivity index (χ4n) is 3.65. The van der Waals surface area contributed by atoms with E-state index in [0.29, 0.717) is 17.9 Å². The van der Waals surface area contributed by atoms with Gasteiger partial charge in [-0.3, -0.25) is 4.90 Å². The molecular weight excluding hydrogens is 360 g/mol. The number of rotatable bonds is 3. The van der Waals surface area contributed by atoms with Gasteiger partial charge in [-0.2, -0.15) is 10.1 Å². The molecule has 1 saturated heterocycles. The molecule has 0 saturated carbocycles. The maximum Gasteiger partial charge on any atom is 0.252 e. The average molecular weight is 378 g/mol. The molecule has 8 heteroatoms. The Morgan fingerprint density at radius 3 is 2.77 bits per heavy atom. The lowest BCUT2D eigenvalue weighted by molar-refractivity contribution is 0.197. The van der Waals surface area contributed by atoms with Gasteiger partial charge in [-0.25, -0.2) is 18.3 Å². The third-order valence-corrected chi connectivity index (χ3v) is 5.14. The molecule has 1 aliphatic rings. The number of likely N-dealkylation sites (tertiary alicyclic amines) is 1. The van der Waals surface area contributed by atoms with Gasteiger partial charge in [-0.1, -0.05) is 11.6 Å². The van der Waals surface area contributed by atoms with Gasteiger partial charge in [-0.15, -0.1) is 0 Å². The van der Waals surface area contributed by atoms with Crippen molar-refractivity contribution in [1.82, 2.24) is 24.5 Å². The van der Waals surface area contributed by atoms with Crippen molar-refractivity contribution in [2.24, 2.45) is 0 Å². The molecule has 1 aromatic carbocycles. The van der Waals surface area contributed by atoms with E-state index in [-0.39, 0.29) is 5.92 Å². The summed E-state index contributed by atoms with van der Waals surface area (Å²) in [6.45, 7) is 4.08. The standard InChI is InChI=1S/C18H18ClF2N5/c1-11-5-16(26-18(24-11)22-10-23-26)13-3-2-4-25(9-13)8-12-6-14(20)17(19)15(21)7-12/h5-7,10,13H,2-4,8-9H2,1H3. The van der Waals surface area contributed by atoms with E-state index in [1.54, 1.807) is 4.52 Å². The van der Waals surface area contributed by atoms with Crippen LogP contribution in [0.1, 0.15) is 35.7 Å². The zero-order valence-corrected chi connectivity index (χ0v) is 15.0. The molecule has 0 spiro atoms. The van der Waals surface area contributed by atoms with Crippen LogP contribution in [0.2, 0.25) is 5.02 Å². The van der Waals surface area contributed by atoms with Crippen LogP contribution < -0.4 is 0 Å². The first-order chi connectivity index (χ1) is 12.5. The first kappa shape index (κ1) is 17.3. The highest BCUT2D eigenvalue weighted by molar-refractivity contribution is 6.30. The summed E-state index contributed by atoms with van der Waals surface area (Å²) in [6, 6.07) is 4.65. The predicted molar refractivity (Wildman–Crippen MR) is 94.1 cm³/mol. The van der Waals surface area contributed by atoms with Gasteiger partial charge in [0.2, 0.25) is 0 Å². The molecule has 1 aliphatic heterocycles. The second kappa shape index (κ2) is 6.89. The predicted octanol–water partition coefficient (Wildman–Crippen LogP) is 3.74. The highest BCUT2D eigenvalue weighted by atomic mass is 35.5. The number of aryl methyl sites for hydroxylation is 1. The molecule has 0 amide bonds. The molecule has 0 aliphatic carbocycles. The highest BCUT2D eigenvalue weighted by Crippen LogP contribution is 2.29. The van der Waals surface area contributed by atoms with Gasteiger partial charge in [0, 0.05) is 24.7 Å². The normalized spacial score (nSPS) is 18.5. The number of piperidine rings is 1. The smallest absolute Gasteiger partial charge is 0.252 e. The van der Waals surface area contributed by atoms with Crippen molar-refractivity contribution in [3.8, 4) is 0 Å². The summed E-state index contributed by atoms with van der Waals surface area (Å²) >= 11 is 5.57. The maximum atomic E-state index is 13.7. The Hall–Kier alpha value is -2.12. The molecular formula is C18H18ClF2N5. The number of fused-ring (bicyclic) bond motifs is 1. The number of benzene rings is 1. The quantitative estimate of drug-likeness (QED) is 0.652. The Labute approximate surface area is 154 Å². The summed E-state index contributed by atoms with van der Waals surface area (Å²) in [5.74, 6) is -0.579. The number of hydrogen-bond donors (Lipinski definition) is 0. The third-order valence-electron chi connectivity index (χ3n) is 4.78. The fraction of sp³-hybridized carbons (Fsp3) is 0.389. The summed E-state index contributed by atoms with van der Waals surface area (Å²) in [5, 5.41) is 3.83. The molecule has 3 heterocycles. The van der Waals surface area contributed by atoms with E-state index in [1.165, 1.54) is 18.5 Å². The van der Waals surface area contributed by atoms with Crippen LogP contribution in [0.25, 0.3) is 5.78 Å². The van der Waals surface area contributed by atoms with Crippen molar-refractivity contribution in [1.29, 1.82) is 0 Å². The minimum atomic E-state index is -0.718. The highest BCUT2D eigenvalue weighted by Gasteiger charge is 2.25. The van der Waals surface area contributed by atoms with Crippen LogP contribution in [0.3, 0.4) is 0 Å². The summed E-state index contributed by atoms with van der Waals surface area (Å²) in [4.78, 5) is 10.8. The molecule has 1 fully saturated rings. The zero-order chi connectivity index (χ0) is 18.3. The Balaban J connectivity index is 1.57. The van der Waals surface area contributed by atoms with Crippen LogP contribution in [-0.2, 0) is 6.54 Å². The van der Waals surface area contributed by atoms with Crippen LogP contribution in [0.4, 0.5) is 8.78 Å². The first-order valence-electron chi connectivity index (χ1n) is 8.54. The Morgan fingerprint density at radius 2 is 2.00 bits per heavy atom. The van der Waals surface area contributed by atoms with Crippen molar-refractivity contribution in [2.75, 3.05) is 13.1 Å². The van der Waals surface area contributed by atoms with Crippen molar-refractivity contribution in [3.63, 3.8) is 0 Å². The molecule has 3 aromatic rings. The van der Waals surface area contributed by atoms with E-state index in [0.717, 1.165) is 37.3 Å². The van der Waals surface area contributed by atoms with Crippen LogP contribution in [-0.4, -0.2) is 37.6 Å². The average Bonchev–Trinajstić information content (AvgIpc) is 3.07. The number of hydrogen-bond acceptors (Lipinski definition) is 4. The van der Waals surface area contributed by atoms with E-state index in [1.807, 2.05) is 13.0 Å². The van der Waals surface area contributed by atoms with Gasteiger partial charge < -0.3 is 0 Å². The molecule has 0 radical (unpaired) electrons. The second-order valence-electron chi connectivity index (χ2n) is 6.74. The molecule has 0 bridgehead atoms. The van der Waals surface area contributed by atoms with Crippen LogP contribution in [0.15, 0.2) is 24.5 Å².